The molecule has 1 rings (SSSR count). The molecule has 0 N–H and O–H groups in total. The molecule has 0 atom stereocenters. The number of hydrogen-bond donors (Lipinski definition) is 0. The summed E-state index contributed by atoms with van der Waals surface area (Å²) in [4.78, 5) is 0. The zero-order valence-electron chi connectivity index (χ0n) is 8.87. The van der Waals surface area contributed by atoms with E-state index in [2.05, 4.69) is 0 Å². The smallest absolute Gasteiger partial charge is 0.121 e. The van der Waals surface area contributed by atoms with Crippen molar-refractivity contribution in [1.29, 1.82) is 0 Å². The molecule has 0 saturated carbocycles. The molecule has 0 unspecified atom stereocenters. The van der Waals surface area contributed by atoms with Crippen LogP contribution < -0.4 is 4.74 Å². The van der Waals surface area contributed by atoms with E-state index < -0.39 is 0 Å². The van der Waals surface area contributed by atoms with Gasteiger partial charge in [0.15, 0.2) is 0 Å². The highest BCUT2D eigenvalue weighted by atomic mass is 16.5. The van der Waals surface area contributed by atoms with Crippen molar-refractivity contribution in [2.75, 3.05) is 7.11 Å². The molecule has 0 aliphatic carbocycles. The Morgan fingerprint density at radius 1 is 1.08 bits per heavy atom. The van der Waals surface area contributed by atoms with Crippen LogP contribution in [-0.4, -0.2) is 7.11 Å². The van der Waals surface area contributed by atoms with Gasteiger partial charge in [-0.3, -0.25) is 0 Å². The number of rotatable bonds is 1. The molecule has 0 saturated heterocycles. The Morgan fingerprint density at radius 2 is 1.62 bits per heavy atom. The highest BCUT2D eigenvalue weighted by molar-refractivity contribution is 5.31. The van der Waals surface area contributed by atoms with Gasteiger partial charge in [-0.15, -0.1) is 0 Å². The lowest BCUT2D eigenvalue weighted by molar-refractivity contribution is 0.411. The van der Waals surface area contributed by atoms with Gasteiger partial charge in [-0.05, 0) is 32.4 Å². The van der Waals surface area contributed by atoms with E-state index >= 15 is 0 Å². The van der Waals surface area contributed by atoms with Crippen molar-refractivity contribution in [2.24, 2.45) is 0 Å². The molecule has 0 spiro atoms. The maximum absolute atomic E-state index is 5.04. The van der Waals surface area contributed by atoms with Gasteiger partial charge in [-0.1, -0.05) is 30.4 Å². The summed E-state index contributed by atoms with van der Waals surface area (Å²) < 4.78 is 5.04. The van der Waals surface area contributed by atoms with Crippen LogP contribution >= 0.6 is 0 Å². The molecule has 72 valence electrons. The van der Waals surface area contributed by atoms with E-state index in [0.717, 1.165) is 5.75 Å². The number of para-hydroxylation sites is 1. The summed E-state index contributed by atoms with van der Waals surface area (Å²) in [5.41, 5.74) is 1.18. The third kappa shape index (κ3) is 5.07. The zero-order chi connectivity index (χ0) is 10.1. The largest absolute Gasteiger partial charge is 0.496 e. The lowest BCUT2D eigenvalue weighted by Crippen LogP contribution is -1.84. The minimum Gasteiger partial charge on any atom is -0.496 e. The molecule has 0 aliphatic rings. The molecule has 0 aromatic heterocycles. The van der Waals surface area contributed by atoms with Crippen LogP contribution in [0.25, 0.3) is 0 Å². The van der Waals surface area contributed by atoms with Crippen LogP contribution in [-0.2, 0) is 0 Å². The van der Waals surface area contributed by atoms with Gasteiger partial charge in [0.25, 0.3) is 0 Å². The van der Waals surface area contributed by atoms with Crippen molar-refractivity contribution in [1.82, 2.24) is 0 Å². The first kappa shape index (κ1) is 11.8. The molecule has 1 aromatic rings. The van der Waals surface area contributed by atoms with Gasteiger partial charge in [0.2, 0.25) is 0 Å². The van der Waals surface area contributed by atoms with Crippen LogP contribution in [0.3, 0.4) is 0 Å². The predicted octanol–water partition coefficient (Wildman–Crippen LogP) is 3.59. The lowest BCUT2D eigenvalue weighted by atomic mass is 10.2. The zero-order valence-corrected chi connectivity index (χ0v) is 8.87. The Hall–Kier alpha value is -1.24. The van der Waals surface area contributed by atoms with Gasteiger partial charge in [-0.25, -0.2) is 0 Å². The fraction of sp³-hybridized carbons (Fsp3) is 0.333. The minimum atomic E-state index is 0.956. The Morgan fingerprint density at radius 3 is 1.92 bits per heavy atom. The second-order valence-corrected chi connectivity index (χ2v) is 2.64. The van der Waals surface area contributed by atoms with Crippen molar-refractivity contribution in [3.63, 3.8) is 0 Å². The molecule has 0 heterocycles. The van der Waals surface area contributed by atoms with Crippen molar-refractivity contribution >= 4 is 0 Å². The molecular weight excluding hydrogens is 160 g/mol. The molecule has 13 heavy (non-hydrogen) atoms. The number of hydrogen-bond acceptors (Lipinski definition) is 1. The van der Waals surface area contributed by atoms with Crippen molar-refractivity contribution < 1.29 is 4.74 Å². The third-order valence-corrected chi connectivity index (χ3v) is 1.65. The first-order chi connectivity index (χ1) is 6.26. The van der Waals surface area contributed by atoms with Crippen molar-refractivity contribution in [2.45, 2.75) is 20.8 Å². The van der Waals surface area contributed by atoms with Gasteiger partial charge in [0.05, 0.1) is 7.11 Å². The Labute approximate surface area is 81.1 Å². The minimum absolute atomic E-state index is 0.956. The topological polar surface area (TPSA) is 9.23 Å². The van der Waals surface area contributed by atoms with Gasteiger partial charge < -0.3 is 4.74 Å². The Balaban J connectivity index is 0.000000310. The molecule has 0 aliphatic heterocycles. The molecule has 0 bridgehead atoms. The first-order valence-electron chi connectivity index (χ1n) is 4.43. The van der Waals surface area contributed by atoms with Crippen LogP contribution in [0.5, 0.6) is 5.75 Å². The molecule has 0 amide bonds. The van der Waals surface area contributed by atoms with Gasteiger partial charge in [0, 0.05) is 0 Å². The van der Waals surface area contributed by atoms with Crippen LogP contribution in [0.4, 0.5) is 0 Å². The number of benzene rings is 1. The Bertz CT molecular complexity index is 247. The summed E-state index contributed by atoms with van der Waals surface area (Å²) in [6, 6.07) is 7.94. The molecule has 1 heteroatoms. The number of allylic oxidation sites excluding steroid dienone is 2. The van der Waals surface area contributed by atoms with Crippen LogP contribution in [0, 0.1) is 6.92 Å². The number of methoxy groups -OCH3 is 1. The summed E-state index contributed by atoms with van der Waals surface area (Å²) in [5, 5.41) is 0. The van der Waals surface area contributed by atoms with Gasteiger partial charge in [0.1, 0.15) is 5.75 Å². The maximum atomic E-state index is 5.04. The summed E-state index contributed by atoms with van der Waals surface area (Å²) >= 11 is 0. The molecule has 0 fully saturated rings. The van der Waals surface area contributed by atoms with Crippen LogP contribution in [0.2, 0.25) is 0 Å². The maximum Gasteiger partial charge on any atom is 0.121 e. The van der Waals surface area contributed by atoms with Gasteiger partial charge in [-0.2, -0.15) is 0 Å². The monoisotopic (exact) mass is 178 g/mol. The quantitative estimate of drug-likeness (QED) is 0.597. The Kier molecular flexibility index (Phi) is 6.70. The first-order valence-corrected chi connectivity index (χ1v) is 4.43. The second kappa shape index (κ2) is 7.41. The standard InChI is InChI=1S/C8H10O.C4H8/c1-7-5-3-4-6-8(7)9-2;1-3-4-2/h3-6H,1-2H3;3-4H,1-2H3/b;4-3+. The average molecular weight is 178 g/mol. The third-order valence-electron chi connectivity index (χ3n) is 1.65. The van der Waals surface area contributed by atoms with E-state index in [9.17, 15) is 0 Å². The highest BCUT2D eigenvalue weighted by Crippen LogP contribution is 2.14. The van der Waals surface area contributed by atoms with Crippen molar-refractivity contribution in [3.8, 4) is 5.75 Å². The van der Waals surface area contributed by atoms with Crippen LogP contribution in [0.1, 0.15) is 19.4 Å². The lowest BCUT2D eigenvalue weighted by Gasteiger charge is -2.00. The highest BCUT2D eigenvalue weighted by Gasteiger charge is 1.90. The molecule has 1 nitrogen and oxygen atoms in total. The number of ether oxygens (including phenoxy) is 1. The SMILES string of the molecule is C/C=C/C.COc1ccccc1C. The second-order valence-electron chi connectivity index (χ2n) is 2.64. The summed E-state index contributed by atoms with van der Waals surface area (Å²) in [6.07, 6.45) is 4.00. The van der Waals surface area contributed by atoms with Crippen molar-refractivity contribution in [3.05, 3.63) is 42.0 Å². The fourth-order valence-corrected chi connectivity index (χ4v) is 0.785. The number of aryl methyl sites for hydroxylation is 1. The fourth-order valence-electron chi connectivity index (χ4n) is 0.785. The normalized spacial score (nSPS) is 9.23. The van der Waals surface area contributed by atoms with E-state index in [1.807, 2.05) is 57.2 Å². The van der Waals surface area contributed by atoms with Gasteiger partial charge >= 0.3 is 0 Å². The van der Waals surface area contributed by atoms with E-state index in [1.54, 1.807) is 7.11 Å². The summed E-state index contributed by atoms with van der Waals surface area (Å²) in [7, 11) is 1.68. The predicted molar refractivity (Wildman–Crippen MR) is 58.2 cm³/mol. The summed E-state index contributed by atoms with van der Waals surface area (Å²) in [6.45, 7) is 6.03. The summed E-state index contributed by atoms with van der Waals surface area (Å²) in [5.74, 6) is 0.956. The van der Waals surface area contributed by atoms with E-state index in [-0.39, 0.29) is 0 Å². The van der Waals surface area contributed by atoms with E-state index in [0.29, 0.717) is 0 Å². The van der Waals surface area contributed by atoms with E-state index in [4.69, 9.17) is 4.74 Å². The molecule has 1 aromatic carbocycles. The molecule has 0 radical (unpaired) electrons. The van der Waals surface area contributed by atoms with E-state index in [1.165, 1.54) is 5.56 Å². The molecular formula is C12H18O. The average Bonchev–Trinajstić information content (AvgIpc) is 2.19. The van der Waals surface area contributed by atoms with Crippen LogP contribution in [0.15, 0.2) is 36.4 Å².